The lowest BCUT2D eigenvalue weighted by atomic mass is 9.86. The van der Waals surface area contributed by atoms with Crippen LogP contribution in [0.4, 0.5) is 0 Å². The van der Waals surface area contributed by atoms with E-state index in [-0.39, 0.29) is 5.41 Å². The summed E-state index contributed by atoms with van der Waals surface area (Å²) in [5, 5.41) is 8.80. The highest BCUT2D eigenvalue weighted by Gasteiger charge is 2.14. The Morgan fingerprint density at radius 3 is 2.31 bits per heavy atom. The number of benzene rings is 1. The zero-order valence-electron chi connectivity index (χ0n) is 8.06. The first kappa shape index (κ1) is 10.5. The van der Waals surface area contributed by atoms with Crippen molar-refractivity contribution in [2.75, 3.05) is 0 Å². The lowest BCUT2D eigenvalue weighted by Gasteiger charge is -2.19. The molecule has 0 amide bonds. The summed E-state index contributed by atoms with van der Waals surface area (Å²) in [4.78, 5) is 0. The molecule has 0 aliphatic rings. The first-order valence-corrected chi connectivity index (χ1v) is 5.22. The Balaban J connectivity index is 3.26. The highest BCUT2D eigenvalue weighted by atomic mass is 127. The molecule has 0 spiro atoms. The van der Waals surface area contributed by atoms with Gasteiger partial charge >= 0.3 is 0 Å². The largest absolute Gasteiger partial charge is 0.192 e. The molecule has 1 rings (SSSR count). The van der Waals surface area contributed by atoms with Gasteiger partial charge in [0.05, 0.1) is 11.6 Å². The van der Waals surface area contributed by atoms with Crippen molar-refractivity contribution >= 4 is 22.6 Å². The number of nitriles is 1. The summed E-state index contributed by atoms with van der Waals surface area (Å²) >= 11 is 2.24. The van der Waals surface area contributed by atoms with Crippen LogP contribution in [0.25, 0.3) is 0 Å². The maximum atomic E-state index is 8.80. The quantitative estimate of drug-likeness (QED) is 0.670. The van der Waals surface area contributed by atoms with Gasteiger partial charge in [0.2, 0.25) is 0 Å². The van der Waals surface area contributed by atoms with Crippen LogP contribution in [0.3, 0.4) is 0 Å². The first-order valence-electron chi connectivity index (χ1n) is 4.14. The minimum absolute atomic E-state index is 0.118. The fourth-order valence-electron chi connectivity index (χ4n) is 1.09. The van der Waals surface area contributed by atoms with Crippen LogP contribution in [-0.2, 0) is 5.41 Å². The van der Waals surface area contributed by atoms with E-state index in [9.17, 15) is 0 Å². The Kier molecular flexibility index (Phi) is 2.97. The molecular formula is C11H12IN. The summed E-state index contributed by atoms with van der Waals surface area (Å²) in [5.41, 5.74) is 2.08. The summed E-state index contributed by atoms with van der Waals surface area (Å²) in [6, 6.07) is 8.16. The molecule has 68 valence electrons. The molecule has 0 bridgehead atoms. The van der Waals surface area contributed by atoms with Crippen molar-refractivity contribution in [1.29, 1.82) is 5.26 Å². The zero-order valence-corrected chi connectivity index (χ0v) is 10.2. The molecule has 13 heavy (non-hydrogen) atoms. The van der Waals surface area contributed by atoms with E-state index in [4.69, 9.17) is 5.26 Å². The maximum Gasteiger partial charge on any atom is 0.0992 e. The average Bonchev–Trinajstić information content (AvgIpc) is 2.01. The van der Waals surface area contributed by atoms with E-state index >= 15 is 0 Å². The second-order valence-corrected chi connectivity index (χ2v) is 5.34. The summed E-state index contributed by atoms with van der Waals surface area (Å²) in [6.45, 7) is 6.46. The smallest absolute Gasteiger partial charge is 0.0992 e. The van der Waals surface area contributed by atoms with E-state index in [1.54, 1.807) is 0 Å². The van der Waals surface area contributed by atoms with Crippen LogP contribution in [0.15, 0.2) is 18.2 Å². The SMILES string of the molecule is CC(C)(C)c1cc(I)cc(C#N)c1. The molecule has 2 heteroatoms. The van der Waals surface area contributed by atoms with Crippen LogP contribution in [0, 0.1) is 14.9 Å². The summed E-state index contributed by atoms with van der Waals surface area (Å²) in [6.07, 6.45) is 0. The molecule has 0 aliphatic carbocycles. The number of nitrogens with zero attached hydrogens (tertiary/aromatic N) is 1. The molecule has 0 radical (unpaired) electrons. The fraction of sp³-hybridized carbons (Fsp3) is 0.364. The van der Waals surface area contributed by atoms with Gasteiger partial charge in [0.25, 0.3) is 0 Å². The molecule has 1 aromatic rings. The van der Waals surface area contributed by atoms with E-state index in [0.717, 1.165) is 9.13 Å². The van der Waals surface area contributed by atoms with Gasteiger partial charge in [-0.05, 0) is 51.8 Å². The summed E-state index contributed by atoms with van der Waals surface area (Å²) in [7, 11) is 0. The molecule has 0 atom stereocenters. The normalized spacial score (nSPS) is 11.0. The van der Waals surface area contributed by atoms with E-state index in [1.807, 2.05) is 12.1 Å². The molecule has 1 aromatic carbocycles. The molecule has 0 N–H and O–H groups in total. The molecule has 0 unspecified atom stereocenters. The lowest BCUT2D eigenvalue weighted by molar-refractivity contribution is 0.589. The molecular weight excluding hydrogens is 273 g/mol. The third-order valence-electron chi connectivity index (χ3n) is 1.89. The fourth-order valence-corrected chi connectivity index (χ4v) is 1.76. The molecule has 1 nitrogen and oxygen atoms in total. The minimum atomic E-state index is 0.118. The number of halogens is 1. The van der Waals surface area contributed by atoms with E-state index in [1.165, 1.54) is 5.56 Å². The average molecular weight is 285 g/mol. The van der Waals surface area contributed by atoms with E-state index in [2.05, 4.69) is 55.5 Å². The van der Waals surface area contributed by atoms with Crippen molar-refractivity contribution in [3.8, 4) is 6.07 Å². The maximum absolute atomic E-state index is 8.80. The number of hydrogen-bond acceptors (Lipinski definition) is 1. The predicted octanol–water partition coefficient (Wildman–Crippen LogP) is 3.46. The number of rotatable bonds is 0. The first-order chi connectivity index (χ1) is 5.93. The molecule has 0 fully saturated rings. The monoisotopic (exact) mass is 285 g/mol. The van der Waals surface area contributed by atoms with Gasteiger partial charge in [-0.3, -0.25) is 0 Å². The third kappa shape index (κ3) is 2.70. The Morgan fingerprint density at radius 1 is 1.23 bits per heavy atom. The van der Waals surface area contributed by atoms with Gasteiger partial charge in [-0.2, -0.15) is 5.26 Å². The Hall–Kier alpha value is -0.560. The molecule has 0 aliphatic heterocycles. The predicted molar refractivity (Wildman–Crippen MR) is 62.6 cm³/mol. The van der Waals surface area contributed by atoms with Crippen molar-refractivity contribution < 1.29 is 0 Å². The highest BCUT2D eigenvalue weighted by Crippen LogP contribution is 2.24. The molecule has 0 saturated carbocycles. The van der Waals surface area contributed by atoms with Gasteiger partial charge < -0.3 is 0 Å². The third-order valence-corrected chi connectivity index (χ3v) is 2.52. The van der Waals surface area contributed by atoms with Gasteiger partial charge in [0.15, 0.2) is 0 Å². The Labute approximate surface area is 92.9 Å². The molecule has 0 heterocycles. The second-order valence-electron chi connectivity index (χ2n) is 4.09. The highest BCUT2D eigenvalue weighted by molar-refractivity contribution is 14.1. The van der Waals surface area contributed by atoms with Crippen LogP contribution in [0.5, 0.6) is 0 Å². The van der Waals surface area contributed by atoms with Gasteiger partial charge in [-0.15, -0.1) is 0 Å². The minimum Gasteiger partial charge on any atom is -0.192 e. The topological polar surface area (TPSA) is 23.8 Å². The van der Waals surface area contributed by atoms with Crippen LogP contribution >= 0.6 is 22.6 Å². The van der Waals surface area contributed by atoms with Crippen molar-refractivity contribution in [1.82, 2.24) is 0 Å². The zero-order chi connectivity index (χ0) is 10.1. The van der Waals surface area contributed by atoms with E-state index in [0.29, 0.717) is 0 Å². The van der Waals surface area contributed by atoms with Crippen LogP contribution in [0.2, 0.25) is 0 Å². The van der Waals surface area contributed by atoms with Crippen LogP contribution in [-0.4, -0.2) is 0 Å². The van der Waals surface area contributed by atoms with Crippen molar-refractivity contribution in [2.45, 2.75) is 26.2 Å². The van der Waals surface area contributed by atoms with E-state index < -0.39 is 0 Å². The second kappa shape index (κ2) is 3.67. The molecule has 0 aromatic heterocycles. The van der Waals surface area contributed by atoms with Gasteiger partial charge in [-0.25, -0.2) is 0 Å². The van der Waals surface area contributed by atoms with Crippen molar-refractivity contribution in [3.05, 3.63) is 32.9 Å². The Morgan fingerprint density at radius 2 is 1.85 bits per heavy atom. The van der Waals surface area contributed by atoms with Crippen LogP contribution in [0.1, 0.15) is 31.9 Å². The summed E-state index contributed by atoms with van der Waals surface area (Å²) in [5.74, 6) is 0. The van der Waals surface area contributed by atoms with Crippen molar-refractivity contribution in [2.24, 2.45) is 0 Å². The van der Waals surface area contributed by atoms with Gasteiger partial charge in [0, 0.05) is 3.57 Å². The van der Waals surface area contributed by atoms with Gasteiger partial charge in [0.1, 0.15) is 0 Å². The lowest BCUT2D eigenvalue weighted by Crippen LogP contribution is -2.11. The Bertz CT molecular complexity index is 355. The van der Waals surface area contributed by atoms with Gasteiger partial charge in [-0.1, -0.05) is 20.8 Å². The van der Waals surface area contributed by atoms with Crippen LogP contribution < -0.4 is 0 Å². The number of hydrogen-bond donors (Lipinski definition) is 0. The summed E-state index contributed by atoms with van der Waals surface area (Å²) < 4.78 is 1.13. The standard InChI is InChI=1S/C11H12IN/c1-11(2,3)9-4-8(7-13)5-10(12)6-9/h4-6H,1-3H3. The van der Waals surface area contributed by atoms with Crippen molar-refractivity contribution in [3.63, 3.8) is 0 Å². The molecule has 0 saturated heterocycles.